The molecule has 5 aromatic carbocycles. The van der Waals surface area contributed by atoms with Crippen LogP contribution in [0.4, 0.5) is 0 Å². The lowest BCUT2D eigenvalue weighted by Crippen LogP contribution is -2.26. The van der Waals surface area contributed by atoms with Gasteiger partial charge in [0.15, 0.2) is 0 Å². The normalized spacial score (nSPS) is 12.1. The number of aromatic hydroxyl groups is 1. The van der Waals surface area contributed by atoms with Crippen LogP contribution in [-0.2, 0) is 10.8 Å². The fraction of sp³-hybridized carbons (Fsp3) is 0.286. The van der Waals surface area contributed by atoms with Crippen molar-refractivity contribution in [3.8, 4) is 34.4 Å². The standard InChI is InChI=1S/C42H46NO5P/c1-41(2,3)26-20-22-30-28(24-26)29-25-27(42(4,5)6)21-23-31(29)43(30)32-14-11-19-37(38(32)44)49(39-33(45-7)15-12-16-34(39)46-8)40-35(47-9)17-13-18-36(40)48-10/h11-25,44H,1-10H3. The highest BCUT2D eigenvalue weighted by Crippen LogP contribution is 2.49. The van der Waals surface area contributed by atoms with Crippen molar-refractivity contribution in [2.75, 3.05) is 28.4 Å². The van der Waals surface area contributed by atoms with Gasteiger partial charge in [0.2, 0.25) is 0 Å². The molecule has 0 spiro atoms. The Morgan fingerprint density at radius 3 is 1.29 bits per heavy atom. The summed E-state index contributed by atoms with van der Waals surface area (Å²) in [6, 6.07) is 30.9. The van der Waals surface area contributed by atoms with Crippen LogP contribution in [0.5, 0.6) is 28.7 Å². The number of nitrogens with zero attached hydrogens (tertiary/aromatic N) is 1. The van der Waals surface area contributed by atoms with Gasteiger partial charge in [0.1, 0.15) is 28.7 Å². The quantitative estimate of drug-likeness (QED) is 0.163. The molecule has 0 radical (unpaired) electrons. The summed E-state index contributed by atoms with van der Waals surface area (Å²) in [4.78, 5) is 0. The highest BCUT2D eigenvalue weighted by Gasteiger charge is 2.33. The topological polar surface area (TPSA) is 62.1 Å². The number of phenolic OH excluding ortho intramolecular Hbond substituents is 1. The molecule has 0 atom stereocenters. The van der Waals surface area contributed by atoms with Crippen LogP contribution in [0.25, 0.3) is 27.5 Å². The second kappa shape index (κ2) is 13.0. The average molecular weight is 676 g/mol. The molecule has 0 aliphatic carbocycles. The van der Waals surface area contributed by atoms with Crippen molar-refractivity contribution < 1.29 is 24.1 Å². The SMILES string of the molecule is COc1cccc(OC)c1P(c1cccc(-n2c3ccc(C(C)(C)C)cc3c3cc(C(C)(C)C)ccc32)c1O)c1c(OC)cccc1OC. The smallest absolute Gasteiger partial charge is 0.147 e. The number of para-hydroxylation sites is 1. The number of aromatic nitrogens is 1. The van der Waals surface area contributed by atoms with E-state index in [-0.39, 0.29) is 16.6 Å². The average Bonchev–Trinajstić information content (AvgIpc) is 3.41. The van der Waals surface area contributed by atoms with Gasteiger partial charge in [-0.15, -0.1) is 0 Å². The highest BCUT2D eigenvalue weighted by atomic mass is 31.1. The molecule has 49 heavy (non-hydrogen) atoms. The number of rotatable bonds is 8. The van der Waals surface area contributed by atoms with Crippen LogP contribution >= 0.6 is 7.92 Å². The van der Waals surface area contributed by atoms with Crippen molar-refractivity contribution in [3.63, 3.8) is 0 Å². The van der Waals surface area contributed by atoms with Crippen LogP contribution in [0.3, 0.4) is 0 Å². The Balaban J connectivity index is 1.72. The van der Waals surface area contributed by atoms with Gasteiger partial charge in [-0.2, -0.15) is 0 Å². The number of fused-ring (bicyclic) bond motifs is 3. The lowest BCUT2D eigenvalue weighted by atomic mass is 9.85. The molecule has 0 amide bonds. The van der Waals surface area contributed by atoms with Crippen LogP contribution in [0.1, 0.15) is 52.7 Å². The third-order valence-electron chi connectivity index (χ3n) is 9.22. The number of hydrogen-bond acceptors (Lipinski definition) is 5. The van der Waals surface area contributed by atoms with Crippen LogP contribution in [0.15, 0.2) is 91.0 Å². The van der Waals surface area contributed by atoms with Crippen LogP contribution < -0.4 is 34.9 Å². The summed E-state index contributed by atoms with van der Waals surface area (Å²) in [6.45, 7) is 13.4. The van der Waals surface area contributed by atoms with E-state index in [1.54, 1.807) is 28.4 Å². The van der Waals surface area contributed by atoms with E-state index in [9.17, 15) is 5.11 Å². The van der Waals surface area contributed by atoms with Crippen molar-refractivity contribution in [1.29, 1.82) is 0 Å². The first-order valence-electron chi connectivity index (χ1n) is 16.5. The van der Waals surface area contributed by atoms with Gasteiger partial charge in [0.25, 0.3) is 0 Å². The molecule has 1 N–H and O–H groups in total. The molecule has 0 aliphatic heterocycles. The monoisotopic (exact) mass is 675 g/mol. The fourth-order valence-electron chi connectivity index (χ4n) is 6.55. The maximum atomic E-state index is 12.6. The Bertz CT molecular complexity index is 2000. The third kappa shape index (κ3) is 5.97. The van der Waals surface area contributed by atoms with Gasteiger partial charge in [0, 0.05) is 24.0 Å². The molecule has 0 unspecified atom stereocenters. The van der Waals surface area contributed by atoms with Crippen LogP contribution in [-0.4, -0.2) is 38.1 Å². The van der Waals surface area contributed by atoms with Crippen molar-refractivity contribution in [2.24, 2.45) is 0 Å². The van der Waals surface area contributed by atoms with Gasteiger partial charge in [0.05, 0.1) is 55.8 Å². The van der Waals surface area contributed by atoms with Crippen molar-refractivity contribution in [2.45, 2.75) is 52.4 Å². The first-order valence-corrected chi connectivity index (χ1v) is 17.8. The minimum atomic E-state index is -1.56. The summed E-state index contributed by atoms with van der Waals surface area (Å²) >= 11 is 0. The second-order valence-corrected chi connectivity index (χ2v) is 16.3. The zero-order valence-electron chi connectivity index (χ0n) is 30.1. The first kappa shape index (κ1) is 34.2. The predicted molar refractivity (Wildman–Crippen MR) is 205 cm³/mol. The summed E-state index contributed by atoms with van der Waals surface area (Å²) in [5, 5.41) is 17.3. The summed E-state index contributed by atoms with van der Waals surface area (Å²) in [5.74, 6) is 2.73. The minimum absolute atomic E-state index is 0.0241. The maximum Gasteiger partial charge on any atom is 0.147 e. The number of hydrogen-bond donors (Lipinski definition) is 1. The molecule has 6 rings (SSSR count). The summed E-state index contributed by atoms with van der Waals surface area (Å²) in [5.41, 5.74) is 5.19. The highest BCUT2D eigenvalue weighted by molar-refractivity contribution is 7.80. The van der Waals surface area contributed by atoms with E-state index in [4.69, 9.17) is 18.9 Å². The Kier molecular flexibility index (Phi) is 9.06. The summed E-state index contributed by atoms with van der Waals surface area (Å²) in [7, 11) is 5.04. The molecular weight excluding hydrogens is 629 g/mol. The first-order chi connectivity index (χ1) is 23.3. The minimum Gasteiger partial charge on any atom is -0.505 e. The molecule has 0 aliphatic rings. The van der Waals surface area contributed by atoms with E-state index in [2.05, 4.69) is 82.5 Å². The summed E-state index contributed by atoms with van der Waals surface area (Å²) < 4.78 is 26.0. The van der Waals surface area contributed by atoms with E-state index in [1.807, 2.05) is 54.6 Å². The molecule has 1 heterocycles. The molecule has 1 aromatic heterocycles. The van der Waals surface area contributed by atoms with Gasteiger partial charge in [-0.05, 0) is 82.6 Å². The van der Waals surface area contributed by atoms with Gasteiger partial charge < -0.3 is 28.6 Å². The van der Waals surface area contributed by atoms with Crippen LogP contribution in [0, 0.1) is 0 Å². The van der Waals surface area contributed by atoms with E-state index >= 15 is 0 Å². The number of phenols is 1. The Hall–Kier alpha value is -4.67. The molecule has 6 aromatic rings. The second-order valence-electron chi connectivity index (χ2n) is 14.3. The molecule has 0 saturated carbocycles. The predicted octanol–water partition coefficient (Wildman–Crippen LogP) is 8.88. The van der Waals surface area contributed by atoms with E-state index in [0.29, 0.717) is 34.0 Å². The van der Waals surface area contributed by atoms with Gasteiger partial charge in [-0.25, -0.2) is 0 Å². The molecule has 0 bridgehead atoms. The Morgan fingerprint density at radius 2 is 0.918 bits per heavy atom. The van der Waals surface area contributed by atoms with Gasteiger partial charge in [-0.1, -0.05) is 71.9 Å². The molecule has 0 saturated heterocycles. The number of ether oxygens (including phenoxy) is 4. The van der Waals surface area contributed by atoms with Crippen molar-refractivity contribution in [3.05, 3.63) is 102 Å². The molecule has 6 nitrogen and oxygen atoms in total. The number of methoxy groups -OCH3 is 4. The number of benzene rings is 5. The van der Waals surface area contributed by atoms with E-state index < -0.39 is 7.92 Å². The zero-order valence-corrected chi connectivity index (χ0v) is 31.0. The fourth-order valence-corrected chi connectivity index (χ4v) is 9.36. The molecule has 254 valence electrons. The largest absolute Gasteiger partial charge is 0.505 e. The van der Waals surface area contributed by atoms with Crippen molar-refractivity contribution >= 4 is 45.6 Å². The molecule has 7 heteroatoms. The van der Waals surface area contributed by atoms with Gasteiger partial charge >= 0.3 is 0 Å². The third-order valence-corrected chi connectivity index (χ3v) is 11.8. The molecule has 0 fully saturated rings. The molecular formula is C42H46NO5P. The lowest BCUT2D eigenvalue weighted by Gasteiger charge is -2.27. The van der Waals surface area contributed by atoms with E-state index in [1.165, 1.54) is 11.1 Å². The summed E-state index contributed by atoms with van der Waals surface area (Å²) in [6.07, 6.45) is 0. The maximum absolute atomic E-state index is 12.6. The van der Waals surface area contributed by atoms with E-state index in [0.717, 1.165) is 32.4 Å². The zero-order chi connectivity index (χ0) is 35.2. The Morgan fingerprint density at radius 1 is 0.531 bits per heavy atom. The lowest BCUT2D eigenvalue weighted by molar-refractivity contribution is 0.399. The van der Waals surface area contributed by atoms with Crippen LogP contribution in [0.2, 0.25) is 0 Å². The van der Waals surface area contributed by atoms with Gasteiger partial charge in [-0.3, -0.25) is 0 Å². The van der Waals surface area contributed by atoms with Crippen molar-refractivity contribution in [1.82, 2.24) is 4.57 Å². The Labute approximate surface area is 291 Å².